The van der Waals surface area contributed by atoms with Gasteiger partial charge in [0.05, 0.1) is 18.4 Å². The Hall–Kier alpha value is -3.99. The van der Waals surface area contributed by atoms with Gasteiger partial charge in [-0.15, -0.1) is 0 Å². The molecule has 1 N–H and O–H groups in total. The number of para-hydroxylation sites is 1. The van der Waals surface area contributed by atoms with Crippen molar-refractivity contribution in [3.05, 3.63) is 93.1 Å². The molecule has 0 aromatic heterocycles. The third kappa shape index (κ3) is 4.84. The lowest BCUT2D eigenvalue weighted by Crippen LogP contribution is -2.54. The molecule has 0 saturated carbocycles. The monoisotopic (exact) mass is 568 g/mol. The largest absolute Gasteiger partial charge is 0.497 e. The van der Waals surface area contributed by atoms with Crippen LogP contribution in [0.5, 0.6) is 11.5 Å². The van der Waals surface area contributed by atoms with Crippen molar-refractivity contribution in [2.24, 2.45) is 0 Å². The Morgan fingerprint density at radius 2 is 1.62 bits per heavy atom. The minimum atomic E-state index is -0.840. The van der Waals surface area contributed by atoms with Crippen LogP contribution in [0.25, 0.3) is 6.08 Å². The van der Waals surface area contributed by atoms with Gasteiger partial charge < -0.3 is 9.47 Å². The fraction of sp³-hybridized carbons (Fsp3) is 0.0400. The van der Waals surface area contributed by atoms with Crippen molar-refractivity contribution in [3.63, 3.8) is 0 Å². The highest BCUT2D eigenvalue weighted by Gasteiger charge is 2.37. The first-order valence-electron chi connectivity index (χ1n) is 9.99. The lowest BCUT2D eigenvalue weighted by molar-refractivity contribution is -0.122. The molecule has 34 heavy (non-hydrogen) atoms. The number of esters is 1. The summed E-state index contributed by atoms with van der Waals surface area (Å²) in [5.74, 6) is -1.51. The first kappa shape index (κ1) is 23.2. The van der Waals surface area contributed by atoms with Gasteiger partial charge in [0.1, 0.15) is 17.1 Å². The second-order valence-electron chi connectivity index (χ2n) is 7.09. The molecule has 3 aromatic rings. The highest BCUT2D eigenvalue weighted by molar-refractivity contribution is 14.1. The number of nitrogens with zero attached hydrogens (tertiary/aromatic N) is 1. The van der Waals surface area contributed by atoms with Gasteiger partial charge in [-0.05, 0) is 83.3 Å². The number of halogens is 1. The zero-order chi connectivity index (χ0) is 24.2. The zero-order valence-electron chi connectivity index (χ0n) is 17.8. The molecule has 1 aliphatic rings. The second-order valence-corrected chi connectivity index (χ2v) is 8.34. The number of nitrogens with one attached hydrogen (secondary N) is 1. The smallest absolute Gasteiger partial charge is 0.343 e. The first-order valence-corrected chi connectivity index (χ1v) is 11.1. The number of amides is 4. The Labute approximate surface area is 208 Å². The molecule has 3 aromatic carbocycles. The number of ether oxygens (including phenoxy) is 2. The molecule has 0 spiro atoms. The van der Waals surface area contributed by atoms with E-state index in [2.05, 4.69) is 27.9 Å². The SMILES string of the molecule is COc1ccc(C(=O)Oc2ccccc2/C=C2/C(=O)NC(=O)N(c3ccc(I)cc3)C2=O)cc1. The number of hydrogen-bond acceptors (Lipinski definition) is 6. The van der Waals surface area contributed by atoms with E-state index in [0.29, 0.717) is 22.6 Å². The van der Waals surface area contributed by atoms with E-state index in [0.717, 1.165) is 8.47 Å². The van der Waals surface area contributed by atoms with Crippen molar-refractivity contribution in [2.45, 2.75) is 0 Å². The Kier molecular flexibility index (Phi) is 6.73. The summed E-state index contributed by atoms with van der Waals surface area (Å²) >= 11 is 2.10. The van der Waals surface area contributed by atoms with E-state index in [-0.39, 0.29) is 11.3 Å². The Morgan fingerprint density at radius 3 is 2.29 bits per heavy atom. The number of carbonyl (C=O) groups excluding carboxylic acids is 4. The molecule has 4 amide bonds. The van der Waals surface area contributed by atoms with Crippen LogP contribution in [0, 0.1) is 3.57 Å². The third-order valence-electron chi connectivity index (χ3n) is 4.93. The van der Waals surface area contributed by atoms with Crippen molar-refractivity contribution < 1.29 is 28.7 Å². The van der Waals surface area contributed by atoms with Crippen LogP contribution in [0.4, 0.5) is 10.5 Å². The molecule has 1 saturated heterocycles. The van der Waals surface area contributed by atoms with Crippen LogP contribution in [-0.4, -0.2) is 30.9 Å². The standard InChI is InChI=1S/C25H17IN2O6/c1-33-19-12-6-15(7-13-19)24(31)34-21-5-3-2-4-16(21)14-20-22(29)27-25(32)28(23(20)30)18-10-8-17(26)9-11-18/h2-14H,1H3,(H,27,29,32)/b20-14-. The predicted octanol–water partition coefficient (Wildman–Crippen LogP) is 4.19. The van der Waals surface area contributed by atoms with Gasteiger partial charge in [-0.1, -0.05) is 18.2 Å². The van der Waals surface area contributed by atoms with Crippen molar-refractivity contribution in [3.8, 4) is 11.5 Å². The maximum atomic E-state index is 13.1. The highest BCUT2D eigenvalue weighted by Crippen LogP contribution is 2.26. The average molecular weight is 568 g/mol. The molecule has 1 aliphatic heterocycles. The lowest BCUT2D eigenvalue weighted by Gasteiger charge is -2.26. The van der Waals surface area contributed by atoms with Gasteiger partial charge in [0.25, 0.3) is 11.8 Å². The molecule has 9 heteroatoms. The maximum absolute atomic E-state index is 13.1. The molecule has 0 radical (unpaired) electrons. The predicted molar refractivity (Wildman–Crippen MR) is 133 cm³/mol. The van der Waals surface area contributed by atoms with E-state index in [1.807, 2.05) is 0 Å². The minimum Gasteiger partial charge on any atom is -0.497 e. The molecule has 1 fully saturated rings. The van der Waals surface area contributed by atoms with Gasteiger partial charge in [-0.25, -0.2) is 14.5 Å². The van der Waals surface area contributed by atoms with Crippen LogP contribution in [0.15, 0.2) is 78.4 Å². The van der Waals surface area contributed by atoms with Gasteiger partial charge >= 0.3 is 12.0 Å². The van der Waals surface area contributed by atoms with E-state index < -0.39 is 23.8 Å². The average Bonchev–Trinajstić information content (AvgIpc) is 2.84. The number of anilines is 1. The molecule has 0 bridgehead atoms. The summed E-state index contributed by atoms with van der Waals surface area (Å²) in [6.07, 6.45) is 1.29. The van der Waals surface area contributed by atoms with Gasteiger partial charge in [0.2, 0.25) is 0 Å². The van der Waals surface area contributed by atoms with Gasteiger partial charge in [-0.2, -0.15) is 0 Å². The summed E-state index contributed by atoms with van der Waals surface area (Å²) in [5, 5.41) is 2.18. The lowest BCUT2D eigenvalue weighted by atomic mass is 10.1. The number of rotatable bonds is 5. The Bertz CT molecular complexity index is 1320. The number of imide groups is 2. The number of carbonyl (C=O) groups is 4. The van der Waals surface area contributed by atoms with Gasteiger partial charge in [0.15, 0.2) is 0 Å². The second kappa shape index (κ2) is 9.87. The van der Waals surface area contributed by atoms with E-state index in [1.165, 1.54) is 13.2 Å². The fourth-order valence-corrected chi connectivity index (χ4v) is 3.58. The molecular formula is C25H17IN2O6. The summed E-state index contributed by atoms with van der Waals surface area (Å²) in [7, 11) is 1.52. The molecule has 0 atom stereocenters. The van der Waals surface area contributed by atoms with E-state index in [4.69, 9.17) is 9.47 Å². The summed E-state index contributed by atoms with van der Waals surface area (Å²) in [4.78, 5) is 51.5. The number of benzene rings is 3. The Balaban J connectivity index is 1.64. The highest BCUT2D eigenvalue weighted by atomic mass is 127. The van der Waals surface area contributed by atoms with Crippen LogP contribution in [0.2, 0.25) is 0 Å². The summed E-state index contributed by atoms with van der Waals surface area (Å²) < 4.78 is 11.5. The van der Waals surface area contributed by atoms with Crippen molar-refractivity contribution >= 4 is 58.2 Å². The summed E-state index contributed by atoms with van der Waals surface area (Å²) in [6.45, 7) is 0. The molecule has 0 aliphatic carbocycles. The van der Waals surface area contributed by atoms with E-state index in [1.54, 1.807) is 72.8 Å². The minimum absolute atomic E-state index is 0.147. The van der Waals surface area contributed by atoms with Crippen LogP contribution in [0.3, 0.4) is 0 Å². The topological polar surface area (TPSA) is 102 Å². The molecule has 1 heterocycles. The zero-order valence-corrected chi connectivity index (χ0v) is 19.9. The first-order chi connectivity index (χ1) is 16.4. The molecular weight excluding hydrogens is 551 g/mol. The summed E-state index contributed by atoms with van der Waals surface area (Å²) in [5.41, 5.74) is 0.664. The number of barbiturate groups is 1. The third-order valence-corrected chi connectivity index (χ3v) is 5.65. The van der Waals surface area contributed by atoms with Crippen molar-refractivity contribution in [1.82, 2.24) is 5.32 Å². The molecule has 4 rings (SSSR count). The van der Waals surface area contributed by atoms with Crippen LogP contribution < -0.4 is 19.7 Å². The van der Waals surface area contributed by atoms with Crippen molar-refractivity contribution in [1.29, 1.82) is 0 Å². The van der Waals surface area contributed by atoms with Crippen LogP contribution in [-0.2, 0) is 9.59 Å². The molecule has 0 unspecified atom stereocenters. The molecule has 8 nitrogen and oxygen atoms in total. The van der Waals surface area contributed by atoms with Gasteiger partial charge in [0, 0.05) is 9.13 Å². The normalized spacial score (nSPS) is 14.7. The van der Waals surface area contributed by atoms with E-state index in [9.17, 15) is 19.2 Å². The number of urea groups is 1. The van der Waals surface area contributed by atoms with E-state index >= 15 is 0 Å². The van der Waals surface area contributed by atoms with Crippen LogP contribution in [0.1, 0.15) is 15.9 Å². The van der Waals surface area contributed by atoms with Gasteiger partial charge in [-0.3, -0.25) is 14.9 Å². The summed E-state index contributed by atoms with van der Waals surface area (Å²) in [6, 6.07) is 18.7. The Morgan fingerprint density at radius 1 is 0.941 bits per heavy atom. The maximum Gasteiger partial charge on any atom is 0.343 e. The van der Waals surface area contributed by atoms with Crippen molar-refractivity contribution in [2.75, 3.05) is 12.0 Å². The molecule has 170 valence electrons. The van der Waals surface area contributed by atoms with Crippen LogP contribution >= 0.6 is 22.6 Å². The quantitative estimate of drug-likeness (QED) is 0.163. The number of methoxy groups -OCH3 is 1. The number of hydrogen-bond donors (Lipinski definition) is 1. The fourth-order valence-electron chi connectivity index (χ4n) is 3.22.